The highest BCUT2D eigenvalue weighted by Gasteiger charge is 2.44. The molecule has 15 heteroatoms. The summed E-state index contributed by atoms with van der Waals surface area (Å²) in [5.74, 6) is -1.44. The minimum Gasteiger partial charge on any atom is -0.444 e. The minimum absolute atomic E-state index is 0.000784. The average Bonchev–Trinajstić information content (AvgIpc) is 3.72. The third-order valence-corrected chi connectivity index (χ3v) is 11.2. The van der Waals surface area contributed by atoms with Gasteiger partial charge in [-0.3, -0.25) is 39.1 Å². The zero-order chi connectivity index (χ0) is 39.3. The van der Waals surface area contributed by atoms with Crippen molar-refractivity contribution in [1.82, 2.24) is 34.9 Å². The molecule has 5 amide bonds. The molecule has 4 aromatic rings. The van der Waals surface area contributed by atoms with E-state index in [1.165, 1.54) is 0 Å². The van der Waals surface area contributed by atoms with E-state index in [-0.39, 0.29) is 36.1 Å². The lowest BCUT2D eigenvalue weighted by Gasteiger charge is -2.41. The van der Waals surface area contributed by atoms with Crippen molar-refractivity contribution in [2.24, 2.45) is 5.92 Å². The van der Waals surface area contributed by atoms with Crippen molar-refractivity contribution in [3.05, 3.63) is 66.1 Å². The summed E-state index contributed by atoms with van der Waals surface area (Å²) in [7, 11) is 0. The van der Waals surface area contributed by atoms with Gasteiger partial charge in [-0.2, -0.15) is 5.10 Å². The summed E-state index contributed by atoms with van der Waals surface area (Å²) in [6.45, 7) is 10.4. The minimum atomic E-state index is -0.977. The molecule has 2 aromatic carbocycles. The fraction of sp³-hybridized carbons (Fsp3) is 0.463. The first-order valence-electron chi connectivity index (χ1n) is 19.5. The van der Waals surface area contributed by atoms with Gasteiger partial charge in [0.1, 0.15) is 11.6 Å². The molecule has 292 valence electrons. The number of nitrogens with one attached hydrogen (secondary N) is 2. The Labute approximate surface area is 324 Å². The molecule has 56 heavy (non-hydrogen) atoms. The molecule has 0 spiro atoms. The van der Waals surface area contributed by atoms with Crippen LogP contribution in [0, 0.1) is 5.92 Å². The number of hydrogen-bond donors (Lipinski definition) is 2. The lowest BCUT2D eigenvalue weighted by atomic mass is 9.77. The van der Waals surface area contributed by atoms with Crippen molar-refractivity contribution in [2.45, 2.75) is 89.9 Å². The molecular weight excluding hydrogens is 715 g/mol. The monoisotopic (exact) mass is 761 g/mol. The second-order valence-corrected chi connectivity index (χ2v) is 16.4. The molecule has 2 atom stereocenters. The number of piperazine rings is 1. The van der Waals surface area contributed by atoms with Crippen LogP contribution in [-0.2, 0) is 14.3 Å². The molecule has 0 radical (unpaired) electrons. The predicted octanol–water partition coefficient (Wildman–Crippen LogP) is 5.18. The molecule has 1 aliphatic carbocycles. The van der Waals surface area contributed by atoms with Crippen LogP contribution in [0.2, 0.25) is 0 Å². The van der Waals surface area contributed by atoms with Gasteiger partial charge in [0, 0.05) is 61.8 Å². The molecule has 1 unspecified atom stereocenters. The Kier molecular flexibility index (Phi) is 9.71. The maximum absolute atomic E-state index is 13.1. The van der Waals surface area contributed by atoms with Crippen LogP contribution in [0.1, 0.15) is 93.0 Å². The van der Waals surface area contributed by atoms with E-state index in [0.29, 0.717) is 38.1 Å². The zero-order valence-corrected chi connectivity index (χ0v) is 32.2. The van der Waals surface area contributed by atoms with Gasteiger partial charge >= 0.3 is 6.09 Å². The first-order chi connectivity index (χ1) is 26.8. The third kappa shape index (κ3) is 7.41. The lowest BCUT2D eigenvalue weighted by Crippen LogP contribution is -2.55. The smallest absolute Gasteiger partial charge is 0.410 e. The van der Waals surface area contributed by atoms with Crippen LogP contribution in [0.25, 0.3) is 22.3 Å². The fourth-order valence-electron chi connectivity index (χ4n) is 8.15. The van der Waals surface area contributed by atoms with Crippen molar-refractivity contribution in [2.75, 3.05) is 36.4 Å². The lowest BCUT2D eigenvalue weighted by molar-refractivity contribution is -0.136. The Morgan fingerprint density at radius 2 is 1.79 bits per heavy atom. The van der Waals surface area contributed by atoms with Gasteiger partial charge in [0.2, 0.25) is 11.8 Å². The second-order valence-electron chi connectivity index (χ2n) is 16.4. The number of carbonyl (C=O) groups excluding carboxylic acids is 5. The van der Waals surface area contributed by atoms with Crippen LogP contribution in [0.4, 0.5) is 16.2 Å². The van der Waals surface area contributed by atoms with Crippen molar-refractivity contribution < 1.29 is 28.7 Å². The highest BCUT2D eigenvalue weighted by molar-refractivity contribution is 6.23. The average molecular weight is 762 g/mol. The molecule has 0 bridgehead atoms. The Morgan fingerprint density at radius 3 is 2.55 bits per heavy atom. The zero-order valence-electron chi connectivity index (χ0n) is 32.2. The van der Waals surface area contributed by atoms with Crippen LogP contribution >= 0.6 is 0 Å². The Bertz CT molecular complexity index is 2220. The van der Waals surface area contributed by atoms with Crippen LogP contribution in [0.5, 0.6) is 0 Å². The number of fused-ring (bicyclic) bond motifs is 2. The van der Waals surface area contributed by atoms with Gasteiger partial charge in [0.05, 0.1) is 46.3 Å². The molecule has 3 aliphatic heterocycles. The topological polar surface area (TPSA) is 172 Å². The first-order valence-corrected chi connectivity index (χ1v) is 19.5. The Morgan fingerprint density at radius 1 is 0.982 bits per heavy atom. The summed E-state index contributed by atoms with van der Waals surface area (Å²) in [5, 5.41) is 10.3. The van der Waals surface area contributed by atoms with Crippen LogP contribution in [0.3, 0.4) is 0 Å². The Hall–Kier alpha value is -5.86. The molecule has 8 rings (SSSR count). The molecule has 5 heterocycles. The second kappa shape index (κ2) is 14.7. The summed E-state index contributed by atoms with van der Waals surface area (Å²) in [6.07, 6.45) is 9.73. The largest absolute Gasteiger partial charge is 0.444 e. The Balaban J connectivity index is 0.811. The highest BCUT2D eigenvalue weighted by Crippen LogP contribution is 2.41. The first kappa shape index (κ1) is 37.1. The van der Waals surface area contributed by atoms with E-state index in [1.54, 1.807) is 29.3 Å². The normalized spacial score (nSPS) is 22.6. The number of carbonyl (C=O) groups is 5. The molecule has 15 nitrogen and oxygen atoms in total. The maximum atomic E-state index is 13.1. The standard InChI is InChI=1S/C41H47N9O6/c1-24-22-47(14-15-48(24)40(55)56-41(2,3)4)28-8-10-32-33(19-28)45-34(21-43-32)26-20-44-49(23-26)29-16-25(17-29)6-5-13-42-27-7-9-30-31(18-27)39(54)50(38(30)53)35-11-12-36(51)46-37(35)52/h7-10,18-21,23-25,29,35,42H,5-6,11-17,22H2,1-4H3,(H,46,51,52)/t24-,25-,29-,35?/m0/s1. The molecule has 1 saturated carbocycles. The number of aromatic nitrogens is 4. The molecule has 2 saturated heterocycles. The van der Waals surface area contributed by atoms with Gasteiger partial charge in [-0.1, -0.05) is 0 Å². The number of anilines is 2. The van der Waals surface area contributed by atoms with Gasteiger partial charge in [-0.15, -0.1) is 0 Å². The van der Waals surface area contributed by atoms with Gasteiger partial charge in [-0.25, -0.2) is 9.78 Å². The van der Waals surface area contributed by atoms with E-state index in [1.807, 2.05) is 44.6 Å². The third-order valence-electron chi connectivity index (χ3n) is 11.2. The van der Waals surface area contributed by atoms with E-state index in [4.69, 9.17) is 14.7 Å². The number of hydrogen-bond acceptors (Lipinski definition) is 11. The number of rotatable bonds is 9. The van der Waals surface area contributed by atoms with Crippen LogP contribution in [-0.4, -0.2) is 103 Å². The predicted molar refractivity (Wildman–Crippen MR) is 208 cm³/mol. The number of ether oxygens (including phenoxy) is 1. The van der Waals surface area contributed by atoms with Gasteiger partial charge in [0.25, 0.3) is 11.8 Å². The van der Waals surface area contributed by atoms with Crippen molar-refractivity contribution in [1.29, 1.82) is 0 Å². The van der Waals surface area contributed by atoms with E-state index >= 15 is 0 Å². The molecular formula is C41H47N9O6. The number of imide groups is 2. The molecule has 2 N–H and O–H groups in total. The summed E-state index contributed by atoms with van der Waals surface area (Å²) in [5.41, 5.74) is 5.11. The molecule has 2 aromatic heterocycles. The number of amides is 5. The number of nitrogens with zero attached hydrogens (tertiary/aromatic N) is 7. The van der Waals surface area contributed by atoms with Crippen molar-refractivity contribution >= 4 is 52.1 Å². The van der Waals surface area contributed by atoms with E-state index < -0.39 is 35.3 Å². The summed E-state index contributed by atoms with van der Waals surface area (Å²) in [6, 6.07) is 10.6. The van der Waals surface area contributed by atoms with Crippen molar-refractivity contribution in [3.63, 3.8) is 0 Å². The van der Waals surface area contributed by atoms with Gasteiger partial charge in [-0.05, 0) is 102 Å². The summed E-state index contributed by atoms with van der Waals surface area (Å²) < 4.78 is 7.65. The van der Waals surface area contributed by atoms with Crippen LogP contribution < -0.4 is 15.5 Å². The molecule has 3 fully saturated rings. The van der Waals surface area contributed by atoms with E-state index in [9.17, 15) is 24.0 Å². The quantitative estimate of drug-likeness (QED) is 0.170. The number of benzene rings is 2. The van der Waals surface area contributed by atoms with Gasteiger partial charge in [0.15, 0.2) is 0 Å². The van der Waals surface area contributed by atoms with Gasteiger partial charge < -0.3 is 19.9 Å². The summed E-state index contributed by atoms with van der Waals surface area (Å²) >= 11 is 0. The number of piperidine rings is 1. The molecule has 4 aliphatic rings. The summed E-state index contributed by atoms with van der Waals surface area (Å²) in [4.78, 5) is 77.5. The van der Waals surface area contributed by atoms with E-state index in [2.05, 4.69) is 39.0 Å². The van der Waals surface area contributed by atoms with Crippen molar-refractivity contribution in [3.8, 4) is 11.3 Å². The van der Waals surface area contributed by atoms with Crippen LogP contribution in [0.15, 0.2) is 55.0 Å². The highest BCUT2D eigenvalue weighted by atomic mass is 16.6. The fourth-order valence-corrected chi connectivity index (χ4v) is 8.15. The maximum Gasteiger partial charge on any atom is 0.410 e. The van der Waals surface area contributed by atoms with E-state index in [0.717, 1.165) is 64.2 Å². The SMILES string of the molecule is C[C@H]1CN(c2ccc3ncc(-c4cnn([C@H]5C[C@H](CCCNc6ccc7c(c6)C(=O)N(C6CCC(=O)NC6=O)C7=O)C5)c4)nc3c2)CCN1C(=O)OC(C)(C)C.